The van der Waals surface area contributed by atoms with Gasteiger partial charge in [0.15, 0.2) is 0 Å². The topological polar surface area (TPSA) is 31.2 Å². The summed E-state index contributed by atoms with van der Waals surface area (Å²) in [6.07, 6.45) is 0.629. The Morgan fingerprint density at radius 2 is 1.82 bits per heavy atom. The molecule has 0 saturated carbocycles. The maximum absolute atomic E-state index is 11.0. The number of rotatable bonds is 3. The van der Waals surface area contributed by atoms with E-state index in [0.29, 0.717) is 13.0 Å². The zero-order valence-electron chi connectivity index (χ0n) is 7.60. The molecule has 0 spiro atoms. The molecule has 0 aliphatic heterocycles. The van der Waals surface area contributed by atoms with E-state index in [2.05, 4.69) is 26.1 Å². The van der Waals surface area contributed by atoms with Gasteiger partial charge in [-0.05, 0) is 5.41 Å². The van der Waals surface area contributed by atoms with Crippen LogP contribution in [0.2, 0.25) is 0 Å². The van der Waals surface area contributed by atoms with Crippen molar-refractivity contribution in [1.82, 2.24) is 0 Å². The molecular formula is C8H16NORh-. The summed E-state index contributed by atoms with van der Waals surface area (Å²) in [6, 6.07) is 0. The van der Waals surface area contributed by atoms with Crippen LogP contribution >= 0.6 is 0 Å². The van der Waals surface area contributed by atoms with Gasteiger partial charge in [0, 0.05) is 25.9 Å². The van der Waals surface area contributed by atoms with Gasteiger partial charge in [-0.25, -0.2) is 0 Å². The van der Waals surface area contributed by atoms with E-state index < -0.39 is 0 Å². The van der Waals surface area contributed by atoms with E-state index in [9.17, 15) is 4.79 Å². The van der Waals surface area contributed by atoms with Crippen molar-refractivity contribution in [3.8, 4) is 0 Å². The number of carbonyl (C=O) groups is 1. The fourth-order valence-corrected chi connectivity index (χ4v) is 0.824. The molecule has 0 amide bonds. The van der Waals surface area contributed by atoms with Crippen LogP contribution < -0.4 is 0 Å². The van der Waals surface area contributed by atoms with Crippen molar-refractivity contribution in [1.29, 1.82) is 0 Å². The van der Waals surface area contributed by atoms with E-state index in [1.807, 2.05) is 0 Å². The molecule has 0 heterocycles. The van der Waals surface area contributed by atoms with Crippen LogP contribution in [0.1, 0.15) is 27.2 Å². The van der Waals surface area contributed by atoms with Crippen LogP contribution in [0, 0.1) is 5.41 Å². The predicted molar refractivity (Wildman–Crippen MR) is 43.2 cm³/mol. The molecule has 0 N–H and O–H groups in total. The maximum atomic E-state index is 11.0. The fourth-order valence-electron chi connectivity index (χ4n) is 0.824. The van der Waals surface area contributed by atoms with Gasteiger partial charge in [0.25, 0.3) is 0 Å². The number of hydrogen-bond donors (Lipinski definition) is 0. The number of nitrogens with zero attached hydrogens (tertiary/aromatic N) is 1. The summed E-state index contributed by atoms with van der Waals surface area (Å²) >= 11 is 0. The zero-order chi connectivity index (χ0) is 8.20. The molecule has 0 fully saturated rings. The Bertz CT molecular complexity index is 118. The first-order valence-electron chi connectivity index (χ1n) is 3.53. The summed E-state index contributed by atoms with van der Waals surface area (Å²) in [5, 5.41) is 3.77. The molecular weight excluding hydrogens is 229 g/mol. The van der Waals surface area contributed by atoms with Crippen molar-refractivity contribution in [3.05, 3.63) is 5.32 Å². The number of likely N-dealkylation sites (N-methyl/N-ethyl adjacent to an activating group) is 1. The van der Waals surface area contributed by atoms with Crippen LogP contribution in [0.5, 0.6) is 0 Å². The predicted octanol–water partition coefficient (Wildman–Crippen LogP) is 1.99. The number of hydrogen-bond acceptors (Lipinski definition) is 1. The number of Topliss-reactive ketones (excluding diaryl/α,β-unsaturated/α-hetero) is 1. The Hall–Kier alpha value is 0.253. The molecule has 1 radical (unpaired) electrons. The van der Waals surface area contributed by atoms with Crippen LogP contribution in [0.4, 0.5) is 0 Å². The molecule has 11 heavy (non-hydrogen) atoms. The van der Waals surface area contributed by atoms with E-state index in [1.165, 1.54) is 0 Å². The van der Waals surface area contributed by atoms with E-state index in [-0.39, 0.29) is 30.7 Å². The Morgan fingerprint density at radius 3 is 2.09 bits per heavy atom. The molecule has 0 bridgehead atoms. The van der Waals surface area contributed by atoms with Gasteiger partial charge in [-0.1, -0.05) is 27.3 Å². The zero-order valence-corrected chi connectivity index (χ0v) is 9.24. The molecule has 0 aromatic heterocycles. The summed E-state index contributed by atoms with van der Waals surface area (Å²) in [7, 11) is 1.67. The van der Waals surface area contributed by atoms with Crippen LogP contribution in [-0.4, -0.2) is 19.4 Å². The van der Waals surface area contributed by atoms with Crippen molar-refractivity contribution in [2.45, 2.75) is 27.2 Å². The van der Waals surface area contributed by atoms with E-state index >= 15 is 0 Å². The Labute approximate surface area is 81.9 Å². The third-order valence-corrected chi connectivity index (χ3v) is 1.06. The van der Waals surface area contributed by atoms with Crippen LogP contribution in [0.15, 0.2) is 0 Å². The van der Waals surface area contributed by atoms with Gasteiger partial charge in [-0.3, -0.25) is 0 Å². The first kappa shape index (κ1) is 13.8. The van der Waals surface area contributed by atoms with Crippen molar-refractivity contribution < 1.29 is 24.3 Å². The second-order valence-corrected chi connectivity index (χ2v) is 3.75. The van der Waals surface area contributed by atoms with Crippen molar-refractivity contribution in [2.24, 2.45) is 5.41 Å². The van der Waals surface area contributed by atoms with Crippen molar-refractivity contribution in [3.63, 3.8) is 0 Å². The summed E-state index contributed by atoms with van der Waals surface area (Å²) in [4.78, 5) is 11.0. The average Bonchev–Trinajstić information content (AvgIpc) is 1.59. The summed E-state index contributed by atoms with van der Waals surface area (Å²) < 4.78 is 0. The van der Waals surface area contributed by atoms with Gasteiger partial charge in [-0.15, -0.1) is 0 Å². The van der Waals surface area contributed by atoms with Gasteiger partial charge in [-0.2, -0.15) is 7.05 Å². The molecule has 0 aliphatic rings. The minimum absolute atomic E-state index is 0. The molecule has 2 nitrogen and oxygen atoms in total. The average molecular weight is 245 g/mol. The van der Waals surface area contributed by atoms with Gasteiger partial charge in [0.2, 0.25) is 0 Å². The van der Waals surface area contributed by atoms with Gasteiger partial charge in [0.1, 0.15) is 5.78 Å². The molecule has 0 aromatic carbocycles. The SMILES string of the molecule is C[N-]CC(=O)CC(C)(C)C.[Rh]. The monoisotopic (exact) mass is 245 g/mol. The first-order valence-corrected chi connectivity index (χ1v) is 3.53. The molecule has 0 unspecified atom stereocenters. The summed E-state index contributed by atoms with van der Waals surface area (Å²) in [5.74, 6) is 0.231. The molecule has 0 atom stereocenters. The van der Waals surface area contributed by atoms with Crippen LogP contribution in [0.3, 0.4) is 0 Å². The van der Waals surface area contributed by atoms with Crippen LogP contribution in [-0.2, 0) is 24.3 Å². The van der Waals surface area contributed by atoms with Gasteiger partial charge < -0.3 is 10.1 Å². The number of ketones is 1. The third-order valence-electron chi connectivity index (χ3n) is 1.06. The summed E-state index contributed by atoms with van der Waals surface area (Å²) in [5.41, 5.74) is 0.113. The van der Waals surface area contributed by atoms with E-state index in [4.69, 9.17) is 0 Å². The first-order chi connectivity index (χ1) is 4.45. The Balaban J connectivity index is 0. The van der Waals surface area contributed by atoms with E-state index in [0.717, 1.165) is 0 Å². The minimum atomic E-state index is 0. The third kappa shape index (κ3) is 10.3. The van der Waals surface area contributed by atoms with Gasteiger partial charge >= 0.3 is 0 Å². The molecule has 0 rings (SSSR count). The Morgan fingerprint density at radius 1 is 1.36 bits per heavy atom. The molecule has 69 valence electrons. The molecule has 0 saturated heterocycles. The van der Waals surface area contributed by atoms with Crippen molar-refractivity contribution >= 4 is 5.78 Å². The smallest absolute Gasteiger partial charge is 0.113 e. The molecule has 3 heteroatoms. The largest absolute Gasteiger partial charge is 0.659 e. The normalized spacial score (nSPS) is 10.5. The second-order valence-electron chi connectivity index (χ2n) is 3.75. The fraction of sp³-hybridized carbons (Fsp3) is 0.875. The maximum Gasteiger partial charge on any atom is 0.113 e. The Kier molecular flexibility index (Phi) is 7.34. The number of carbonyl (C=O) groups excluding carboxylic acids is 1. The quantitative estimate of drug-likeness (QED) is 0.699. The second kappa shape index (κ2) is 5.85. The molecule has 0 aliphatic carbocycles. The van der Waals surface area contributed by atoms with E-state index in [1.54, 1.807) is 7.05 Å². The molecule has 0 aromatic rings. The minimum Gasteiger partial charge on any atom is -0.659 e. The van der Waals surface area contributed by atoms with Crippen molar-refractivity contribution in [2.75, 3.05) is 13.6 Å². The summed E-state index contributed by atoms with van der Waals surface area (Å²) in [6.45, 7) is 6.54. The standard InChI is InChI=1S/C8H16NO.Rh/c1-8(2,3)5-7(10)6-9-4;/h5-6H2,1-4H3;/q-1;. The van der Waals surface area contributed by atoms with Gasteiger partial charge in [0.05, 0.1) is 0 Å². The van der Waals surface area contributed by atoms with Crippen LogP contribution in [0.25, 0.3) is 5.32 Å².